The molecule has 1 heterocycles. The summed E-state index contributed by atoms with van der Waals surface area (Å²) in [4.78, 5) is 14.3. The summed E-state index contributed by atoms with van der Waals surface area (Å²) in [5.74, 6) is 0.437. The topological polar surface area (TPSA) is 58.4 Å². The minimum atomic E-state index is -0.0375. The van der Waals surface area contributed by atoms with Crippen molar-refractivity contribution in [3.63, 3.8) is 0 Å². The van der Waals surface area contributed by atoms with Crippen molar-refractivity contribution in [2.24, 2.45) is 11.7 Å². The second-order valence-corrected chi connectivity index (χ2v) is 6.99. The molecule has 1 amide bonds. The molecule has 1 aliphatic heterocycles. The molecule has 22 heavy (non-hydrogen) atoms. The molecule has 1 fully saturated rings. The smallest absolute Gasteiger partial charge is 0.238 e. The number of carbonyl (C=O) groups excluding carboxylic acids is 1. The van der Waals surface area contributed by atoms with Crippen LogP contribution in [0.25, 0.3) is 0 Å². The molecule has 0 radical (unpaired) electrons. The van der Waals surface area contributed by atoms with Gasteiger partial charge in [-0.25, -0.2) is 0 Å². The highest BCUT2D eigenvalue weighted by Crippen LogP contribution is 2.25. The Kier molecular flexibility index (Phi) is 8.14. The molecule has 0 spiro atoms. The molecule has 2 atom stereocenters. The van der Waals surface area contributed by atoms with E-state index in [2.05, 4.69) is 26.1 Å². The lowest BCUT2D eigenvalue weighted by atomic mass is 9.92. The predicted octanol–water partition coefficient (Wildman–Crippen LogP) is 3.52. The molecular formula is C15H22BrCl2N3O. The van der Waals surface area contributed by atoms with Crippen molar-refractivity contribution in [3.05, 3.63) is 27.7 Å². The molecule has 0 bridgehead atoms. The molecule has 1 aliphatic rings. The Morgan fingerprint density at radius 1 is 1.59 bits per heavy atom. The first kappa shape index (κ1) is 19.7. The number of nitrogens with zero attached hydrogens (tertiary/aromatic N) is 1. The average Bonchev–Trinajstić information content (AvgIpc) is 2.42. The number of hydrogen-bond donors (Lipinski definition) is 2. The summed E-state index contributed by atoms with van der Waals surface area (Å²) in [5.41, 5.74) is 6.61. The van der Waals surface area contributed by atoms with Gasteiger partial charge in [0.05, 0.1) is 17.3 Å². The van der Waals surface area contributed by atoms with E-state index in [9.17, 15) is 4.79 Å². The molecule has 1 aromatic rings. The number of amides is 1. The van der Waals surface area contributed by atoms with Crippen LogP contribution in [0.2, 0.25) is 5.02 Å². The molecule has 4 nitrogen and oxygen atoms in total. The zero-order chi connectivity index (χ0) is 15.4. The zero-order valence-corrected chi connectivity index (χ0v) is 15.7. The molecule has 1 aromatic carbocycles. The van der Waals surface area contributed by atoms with Gasteiger partial charge in [-0.3, -0.25) is 9.69 Å². The van der Waals surface area contributed by atoms with E-state index in [0.29, 0.717) is 23.2 Å². The fourth-order valence-electron chi connectivity index (χ4n) is 2.65. The molecule has 2 rings (SSSR count). The lowest BCUT2D eigenvalue weighted by Gasteiger charge is -2.34. The SMILES string of the molecule is CC(N)C1CCCN(CC(=O)Nc2ccc(Br)cc2Cl)C1.Cl. The molecule has 0 aliphatic carbocycles. The monoisotopic (exact) mass is 409 g/mol. The summed E-state index contributed by atoms with van der Waals surface area (Å²) < 4.78 is 0.890. The quantitative estimate of drug-likeness (QED) is 0.798. The second-order valence-electron chi connectivity index (χ2n) is 5.67. The van der Waals surface area contributed by atoms with Crippen molar-refractivity contribution in [2.75, 3.05) is 25.0 Å². The van der Waals surface area contributed by atoms with E-state index in [1.807, 2.05) is 13.0 Å². The van der Waals surface area contributed by atoms with Gasteiger partial charge in [0, 0.05) is 17.1 Å². The van der Waals surface area contributed by atoms with Crippen LogP contribution in [0, 0.1) is 5.92 Å². The van der Waals surface area contributed by atoms with Gasteiger partial charge in [0.25, 0.3) is 0 Å². The fourth-order valence-corrected chi connectivity index (χ4v) is 3.37. The largest absolute Gasteiger partial charge is 0.328 e. The number of hydrogen-bond acceptors (Lipinski definition) is 3. The van der Waals surface area contributed by atoms with Gasteiger partial charge in [-0.05, 0) is 50.4 Å². The van der Waals surface area contributed by atoms with Gasteiger partial charge in [-0.1, -0.05) is 27.5 Å². The summed E-state index contributed by atoms with van der Waals surface area (Å²) in [5, 5.41) is 3.40. The number of halogens is 3. The van der Waals surface area contributed by atoms with E-state index in [1.54, 1.807) is 12.1 Å². The average molecular weight is 411 g/mol. The van der Waals surface area contributed by atoms with E-state index >= 15 is 0 Å². The number of likely N-dealkylation sites (tertiary alicyclic amines) is 1. The maximum Gasteiger partial charge on any atom is 0.238 e. The third kappa shape index (κ3) is 5.70. The van der Waals surface area contributed by atoms with Gasteiger partial charge in [0.15, 0.2) is 0 Å². The Morgan fingerprint density at radius 3 is 2.95 bits per heavy atom. The normalized spacial score (nSPS) is 20.1. The van der Waals surface area contributed by atoms with Crippen molar-refractivity contribution < 1.29 is 4.79 Å². The minimum absolute atomic E-state index is 0. The standard InChI is InChI=1S/C15H21BrClN3O.ClH/c1-10(18)11-3-2-6-20(8-11)9-15(21)19-14-5-4-12(16)7-13(14)17;/h4-5,7,10-11H,2-3,6,8-9,18H2,1H3,(H,19,21);1H. The minimum Gasteiger partial charge on any atom is -0.328 e. The van der Waals surface area contributed by atoms with Crippen LogP contribution < -0.4 is 11.1 Å². The van der Waals surface area contributed by atoms with Crippen LogP contribution >= 0.6 is 39.9 Å². The first-order valence-corrected chi connectivity index (χ1v) is 8.35. The molecular weight excluding hydrogens is 389 g/mol. The van der Waals surface area contributed by atoms with E-state index in [1.165, 1.54) is 0 Å². The Balaban J connectivity index is 0.00000242. The van der Waals surface area contributed by atoms with Crippen molar-refractivity contribution in [2.45, 2.75) is 25.8 Å². The van der Waals surface area contributed by atoms with E-state index in [-0.39, 0.29) is 24.4 Å². The van der Waals surface area contributed by atoms with Crippen LogP contribution in [-0.4, -0.2) is 36.5 Å². The summed E-state index contributed by atoms with van der Waals surface area (Å²) in [6, 6.07) is 5.60. The summed E-state index contributed by atoms with van der Waals surface area (Å²) in [6.45, 7) is 4.26. The van der Waals surface area contributed by atoms with Crippen LogP contribution in [0.5, 0.6) is 0 Å². The van der Waals surface area contributed by atoms with Gasteiger partial charge >= 0.3 is 0 Å². The van der Waals surface area contributed by atoms with E-state index in [0.717, 1.165) is 30.4 Å². The van der Waals surface area contributed by atoms with Gasteiger partial charge in [-0.2, -0.15) is 0 Å². The van der Waals surface area contributed by atoms with Crippen LogP contribution in [0.3, 0.4) is 0 Å². The first-order chi connectivity index (χ1) is 9.95. The Bertz CT molecular complexity index is 514. The Labute approximate surface area is 151 Å². The summed E-state index contributed by atoms with van der Waals surface area (Å²) >= 11 is 9.45. The number of benzene rings is 1. The molecule has 1 saturated heterocycles. The molecule has 0 saturated carbocycles. The fraction of sp³-hybridized carbons (Fsp3) is 0.533. The van der Waals surface area contributed by atoms with Crippen LogP contribution in [-0.2, 0) is 4.79 Å². The Hall–Kier alpha value is -0.330. The molecule has 2 unspecified atom stereocenters. The maximum absolute atomic E-state index is 12.1. The highest BCUT2D eigenvalue weighted by molar-refractivity contribution is 9.10. The molecule has 3 N–H and O–H groups in total. The molecule has 124 valence electrons. The number of nitrogens with one attached hydrogen (secondary N) is 1. The number of anilines is 1. The number of rotatable bonds is 4. The van der Waals surface area contributed by atoms with Crippen LogP contribution in [0.15, 0.2) is 22.7 Å². The Morgan fingerprint density at radius 2 is 2.32 bits per heavy atom. The third-order valence-electron chi connectivity index (χ3n) is 3.86. The van der Waals surface area contributed by atoms with Crippen molar-refractivity contribution in [1.82, 2.24) is 4.90 Å². The lowest BCUT2D eigenvalue weighted by Crippen LogP contribution is -2.45. The molecule has 7 heteroatoms. The van der Waals surface area contributed by atoms with Crippen LogP contribution in [0.1, 0.15) is 19.8 Å². The first-order valence-electron chi connectivity index (χ1n) is 7.18. The van der Waals surface area contributed by atoms with Gasteiger partial charge in [0.2, 0.25) is 5.91 Å². The highest BCUT2D eigenvalue weighted by atomic mass is 79.9. The highest BCUT2D eigenvalue weighted by Gasteiger charge is 2.24. The van der Waals surface area contributed by atoms with E-state index < -0.39 is 0 Å². The van der Waals surface area contributed by atoms with E-state index in [4.69, 9.17) is 17.3 Å². The zero-order valence-electron chi connectivity index (χ0n) is 12.5. The number of carbonyl (C=O) groups is 1. The van der Waals surface area contributed by atoms with Crippen LogP contribution in [0.4, 0.5) is 5.69 Å². The number of nitrogens with two attached hydrogens (primary N) is 1. The van der Waals surface area contributed by atoms with Gasteiger partial charge < -0.3 is 11.1 Å². The third-order valence-corrected chi connectivity index (χ3v) is 4.66. The summed E-state index contributed by atoms with van der Waals surface area (Å²) in [6.07, 6.45) is 2.24. The predicted molar refractivity (Wildman–Crippen MR) is 97.8 cm³/mol. The second kappa shape index (κ2) is 9.08. The molecule has 0 aromatic heterocycles. The van der Waals surface area contributed by atoms with Crippen molar-refractivity contribution >= 4 is 51.5 Å². The summed E-state index contributed by atoms with van der Waals surface area (Å²) in [7, 11) is 0. The van der Waals surface area contributed by atoms with Crippen molar-refractivity contribution in [1.29, 1.82) is 0 Å². The number of piperidine rings is 1. The van der Waals surface area contributed by atoms with Gasteiger partial charge in [0.1, 0.15) is 0 Å². The van der Waals surface area contributed by atoms with Gasteiger partial charge in [-0.15, -0.1) is 12.4 Å². The lowest BCUT2D eigenvalue weighted by molar-refractivity contribution is -0.117. The van der Waals surface area contributed by atoms with Crippen molar-refractivity contribution in [3.8, 4) is 0 Å². The maximum atomic E-state index is 12.1.